The zero-order chi connectivity index (χ0) is 18.9. The smallest absolute Gasteiger partial charge is 0.266 e. The fourth-order valence-corrected chi connectivity index (χ4v) is 1.81. The van der Waals surface area contributed by atoms with Gasteiger partial charge in [-0.3, -0.25) is 25.6 Å². The van der Waals surface area contributed by atoms with E-state index in [1.807, 2.05) is 0 Å². The predicted octanol–water partition coefficient (Wildman–Crippen LogP) is 2.41. The summed E-state index contributed by atoms with van der Waals surface area (Å²) in [6.07, 6.45) is 2.63. The highest BCUT2D eigenvalue weighted by molar-refractivity contribution is 5.85. The van der Waals surface area contributed by atoms with E-state index in [-0.39, 0.29) is 29.7 Å². The summed E-state index contributed by atoms with van der Waals surface area (Å²) in [5.74, 6) is -0.256. The van der Waals surface area contributed by atoms with Gasteiger partial charge < -0.3 is 0 Å². The topological polar surface area (TPSA) is 159 Å². The Bertz CT molecular complexity index is 830. The number of halogens is 1. The number of nitrogens with one attached hydrogen (secondary N) is 3. The van der Waals surface area contributed by atoms with Crippen LogP contribution < -0.4 is 10.9 Å². The van der Waals surface area contributed by atoms with E-state index in [1.54, 1.807) is 12.1 Å². The van der Waals surface area contributed by atoms with Crippen molar-refractivity contribution in [1.82, 2.24) is 10.9 Å². The van der Waals surface area contributed by atoms with Crippen molar-refractivity contribution in [3.05, 3.63) is 79.9 Å². The van der Waals surface area contributed by atoms with Gasteiger partial charge in [0.25, 0.3) is 11.4 Å². The Labute approximate surface area is 159 Å². The first-order valence-electron chi connectivity index (χ1n) is 7.11. The van der Waals surface area contributed by atoms with E-state index in [4.69, 9.17) is 5.41 Å². The first-order chi connectivity index (χ1) is 12.5. The summed E-state index contributed by atoms with van der Waals surface area (Å²) in [5, 5.41) is 36.4. The van der Waals surface area contributed by atoms with Crippen LogP contribution in [0.4, 0.5) is 11.4 Å². The lowest BCUT2D eigenvalue weighted by Crippen LogP contribution is -2.29. The van der Waals surface area contributed by atoms with Crippen molar-refractivity contribution in [2.24, 2.45) is 10.2 Å². The lowest BCUT2D eigenvalue weighted by Gasteiger charge is -2.01. The first-order valence-corrected chi connectivity index (χ1v) is 7.11. The Balaban J connectivity index is 0.00000364. The number of non-ortho nitro benzene ring substituents is 2. The second-order valence-electron chi connectivity index (χ2n) is 4.82. The van der Waals surface area contributed by atoms with E-state index in [0.717, 1.165) is 0 Å². The first kappa shape index (κ1) is 21.2. The Hall–Kier alpha value is -3.86. The van der Waals surface area contributed by atoms with Crippen LogP contribution in [0.3, 0.4) is 0 Å². The number of hydrogen-bond acceptors (Lipinski definition) is 7. The molecular weight excluding hydrogens is 378 g/mol. The number of hydrogen-bond donors (Lipinski definition) is 3. The van der Waals surface area contributed by atoms with Crippen LogP contribution in [0.5, 0.6) is 0 Å². The minimum atomic E-state index is -0.517. The summed E-state index contributed by atoms with van der Waals surface area (Å²) >= 11 is 0. The van der Waals surface area contributed by atoms with E-state index < -0.39 is 9.85 Å². The Morgan fingerprint density at radius 2 is 1.30 bits per heavy atom. The predicted molar refractivity (Wildman–Crippen MR) is 103 cm³/mol. The highest BCUT2D eigenvalue weighted by Gasteiger charge is 2.04. The van der Waals surface area contributed by atoms with Crippen molar-refractivity contribution < 1.29 is 9.85 Å². The molecule has 0 saturated carbocycles. The van der Waals surface area contributed by atoms with Crippen molar-refractivity contribution in [2.75, 3.05) is 0 Å². The maximum Gasteiger partial charge on any atom is 0.270 e. The van der Waals surface area contributed by atoms with Gasteiger partial charge in [-0.1, -0.05) is 24.3 Å². The van der Waals surface area contributed by atoms with Crippen molar-refractivity contribution in [2.45, 2.75) is 0 Å². The Morgan fingerprint density at radius 1 is 0.889 bits per heavy atom. The molecule has 0 bridgehead atoms. The number of nitro benzene ring substituents is 2. The van der Waals surface area contributed by atoms with Gasteiger partial charge in [0.1, 0.15) is 0 Å². The summed E-state index contributed by atoms with van der Waals surface area (Å²) in [6.45, 7) is 0. The highest BCUT2D eigenvalue weighted by atomic mass is 35.5. The molecule has 0 aliphatic rings. The summed E-state index contributed by atoms with van der Waals surface area (Å²) in [6, 6.07) is 11.7. The molecule has 0 aliphatic heterocycles. The lowest BCUT2D eigenvalue weighted by molar-refractivity contribution is -0.385. The van der Waals surface area contributed by atoms with Gasteiger partial charge in [0.15, 0.2) is 0 Å². The maximum atomic E-state index is 10.7. The number of nitrogens with zero attached hydrogens (tertiary/aromatic N) is 4. The average molecular weight is 392 g/mol. The number of nitro groups is 2. The zero-order valence-electron chi connectivity index (χ0n) is 13.6. The van der Waals surface area contributed by atoms with Crippen LogP contribution in [0.15, 0.2) is 58.7 Å². The molecule has 0 saturated heterocycles. The molecule has 0 aliphatic carbocycles. The summed E-state index contributed by atoms with van der Waals surface area (Å²) in [4.78, 5) is 20.3. The van der Waals surface area contributed by atoms with Gasteiger partial charge in [-0.25, -0.2) is 10.9 Å². The third kappa shape index (κ3) is 6.88. The molecule has 2 rings (SSSR count). The molecule has 140 valence electrons. The van der Waals surface area contributed by atoms with E-state index in [9.17, 15) is 20.2 Å². The summed E-state index contributed by atoms with van der Waals surface area (Å²) in [7, 11) is 0. The highest BCUT2D eigenvalue weighted by Crippen LogP contribution is 2.12. The van der Waals surface area contributed by atoms with Gasteiger partial charge >= 0.3 is 0 Å². The van der Waals surface area contributed by atoms with E-state index in [2.05, 4.69) is 21.1 Å². The molecule has 0 heterocycles. The number of benzene rings is 2. The normalized spacial score (nSPS) is 10.4. The van der Waals surface area contributed by atoms with Crippen LogP contribution in [-0.4, -0.2) is 28.2 Å². The van der Waals surface area contributed by atoms with Gasteiger partial charge in [0.2, 0.25) is 5.96 Å². The van der Waals surface area contributed by atoms with E-state index in [0.29, 0.717) is 11.1 Å². The van der Waals surface area contributed by atoms with Crippen LogP contribution in [0, 0.1) is 25.6 Å². The van der Waals surface area contributed by atoms with Crippen LogP contribution in [0.25, 0.3) is 0 Å². The fourth-order valence-electron chi connectivity index (χ4n) is 1.81. The summed E-state index contributed by atoms with van der Waals surface area (Å²) < 4.78 is 0. The molecule has 0 aromatic heterocycles. The van der Waals surface area contributed by atoms with E-state index >= 15 is 0 Å². The molecule has 0 radical (unpaired) electrons. The molecule has 12 heteroatoms. The van der Waals surface area contributed by atoms with Crippen molar-refractivity contribution in [3.8, 4) is 0 Å². The van der Waals surface area contributed by atoms with Gasteiger partial charge in [0.05, 0.1) is 22.3 Å². The molecule has 0 fully saturated rings. The molecule has 27 heavy (non-hydrogen) atoms. The van der Waals surface area contributed by atoms with Crippen molar-refractivity contribution in [1.29, 1.82) is 5.41 Å². The zero-order valence-corrected chi connectivity index (χ0v) is 14.4. The fraction of sp³-hybridized carbons (Fsp3) is 0. The lowest BCUT2D eigenvalue weighted by atomic mass is 10.2. The average Bonchev–Trinajstić information content (AvgIpc) is 2.62. The second-order valence-corrected chi connectivity index (χ2v) is 4.82. The largest absolute Gasteiger partial charge is 0.270 e. The third-order valence-corrected chi connectivity index (χ3v) is 2.94. The number of rotatable bonds is 6. The molecular formula is C15H14ClN7O4. The molecule has 2 aromatic carbocycles. The molecule has 0 amide bonds. The minimum Gasteiger partial charge on any atom is -0.266 e. The number of guanidine groups is 1. The van der Waals surface area contributed by atoms with Gasteiger partial charge in [-0.05, 0) is 0 Å². The Morgan fingerprint density at radius 3 is 1.67 bits per heavy atom. The quantitative estimate of drug-likeness (QED) is 0.296. The maximum absolute atomic E-state index is 10.7. The van der Waals surface area contributed by atoms with Gasteiger partial charge in [-0.2, -0.15) is 10.2 Å². The van der Waals surface area contributed by atoms with Crippen molar-refractivity contribution >= 4 is 42.2 Å². The van der Waals surface area contributed by atoms with E-state index in [1.165, 1.54) is 48.8 Å². The minimum absolute atomic E-state index is 0. The number of hydrazone groups is 2. The van der Waals surface area contributed by atoms with Gasteiger partial charge in [0, 0.05) is 35.4 Å². The SMILES string of the molecule is Cl.N=C(NN=Cc1cccc([N+](=O)[O-])c1)NN=Cc1cccc([N+](=O)[O-])c1. The van der Waals surface area contributed by atoms with Crippen molar-refractivity contribution in [3.63, 3.8) is 0 Å². The van der Waals surface area contributed by atoms with Crippen LogP contribution >= 0.6 is 12.4 Å². The summed E-state index contributed by atoms with van der Waals surface area (Å²) in [5.41, 5.74) is 5.53. The molecule has 11 nitrogen and oxygen atoms in total. The van der Waals surface area contributed by atoms with Crippen LogP contribution in [-0.2, 0) is 0 Å². The molecule has 3 N–H and O–H groups in total. The molecule has 0 atom stereocenters. The standard InChI is InChI=1S/C15H13N7O4.ClH/c16-15(19-17-9-11-3-1-5-13(7-11)21(23)24)20-18-10-12-4-2-6-14(8-12)22(25)26;/h1-10H,(H3,16,19,20);1H. The third-order valence-electron chi connectivity index (χ3n) is 2.94. The molecule has 0 unspecified atom stereocenters. The van der Waals surface area contributed by atoms with Gasteiger partial charge in [-0.15, -0.1) is 12.4 Å². The monoisotopic (exact) mass is 391 g/mol. The second kappa shape index (κ2) is 10.2. The Kier molecular flexibility index (Phi) is 8.01. The molecule has 2 aromatic rings. The van der Waals surface area contributed by atoms with Crippen LogP contribution in [0.1, 0.15) is 11.1 Å². The van der Waals surface area contributed by atoms with Crippen LogP contribution in [0.2, 0.25) is 0 Å². The molecule has 0 spiro atoms.